The lowest BCUT2D eigenvalue weighted by molar-refractivity contribution is 0.298. The van der Waals surface area contributed by atoms with Gasteiger partial charge in [0.05, 0.1) is 0 Å². The summed E-state index contributed by atoms with van der Waals surface area (Å²) < 4.78 is 31.4. The first kappa shape index (κ1) is 26.9. The van der Waals surface area contributed by atoms with Crippen molar-refractivity contribution in [3.63, 3.8) is 0 Å². The number of hydrogen-bond acceptors (Lipinski definition) is 4. The monoisotopic (exact) mass is 494 g/mol. The van der Waals surface area contributed by atoms with E-state index in [0.29, 0.717) is 17.2 Å². The highest BCUT2D eigenvalue weighted by atomic mass is 31.2. The Labute approximate surface area is 211 Å². The Kier molecular flexibility index (Phi) is 10.8. The maximum atomic E-state index is 13.8. The van der Waals surface area contributed by atoms with Crippen LogP contribution in [0.1, 0.15) is 76.0 Å². The van der Waals surface area contributed by atoms with Crippen molar-refractivity contribution >= 4 is 7.82 Å². The second kappa shape index (κ2) is 14.0. The quantitative estimate of drug-likeness (QED) is 0.197. The predicted molar refractivity (Wildman–Crippen MR) is 145 cm³/mol. The second-order valence-electron chi connectivity index (χ2n) is 8.96. The molecule has 0 heterocycles. The number of unbranched alkanes of at least 4 members (excludes halogenated alkanes) is 3. The van der Waals surface area contributed by atoms with Gasteiger partial charge in [0.25, 0.3) is 0 Å². The van der Waals surface area contributed by atoms with Gasteiger partial charge in [0.2, 0.25) is 0 Å². The molecule has 0 radical (unpaired) electrons. The highest BCUT2D eigenvalue weighted by Crippen LogP contribution is 2.49. The van der Waals surface area contributed by atoms with E-state index in [4.69, 9.17) is 13.6 Å². The van der Waals surface area contributed by atoms with Crippen LogP contribution in [0, 0.1) is 0 Å². The molecule has 0 atom stereocenters. The van der Waals surface area contributed by atoms with Gasteiger partial charge in [-0.3, -0.25) is 0 Å². The lowest BCUT2D eigenvalue weighted by Crippen LogP contribution is -2.08. The summed E-state index contributed by atoms with van der Waals surface area (Å²) in [4.78, 5) is 0. The molecule has 0 N–H and O–H groups in total. The van der Waals surface area contributed by atoms with Gasteiger partial charge in [0.15, 0.2) is 0 Å². The van der Waals surface area contributed by atoms with Crippen LogP contribution in [0.3, 0.4) is 0 Å². The Morgan fingerprint density at radius 1 is 0.486 bits per heavy atom. The zero-order valence-electron chi connectivity index (χ0n) is 21.4. The van der Waals surface area contributed by atoms with Gasteiger partial charge in [-0.1, -0.05) is 76.4 Å². The number of benzene rings is 3. The summed E-state index contributed by atoms with van der Waals surface area (Å²) in [5, 5.41) is 0. The van der Waals surface area contributed by atoms with E-state index in [1.807, 2.05) is 72.8 Å². The maximum absolute atomic E-state index is 13.8. The highest BCUT2D eigenvalue weighted by Gasteiger charge is 2.33. The maximum Gasteiger partial charge on any atom is 0.647 e. The second-order valence-corrected chi connectivity index (χ2v) is 10.4. The normalized spacial score (nSPS) is 11.3. The molecule has 0 amide bonds. The summed E-state index contributed by atoms with van der Waals surface area (Å²) >= 11 is 0. The molecule has 5 heteroatoms. The molecule has 3 aromatic rings. The summed E-state index contributed by atoms with van der Waals surface area (Å²) in [5.74, 6) is 1.35. The van der Waals surface area contributed by atoms with E-state index < -0.39 is 7.82 Å². The third kappa shape index (κ3) is 9.11. The van der Waals surface area contributed by atoms with E-state index in [-0.39, 0.29) is 0 Å². The summed E-state index contributed by atoms with van der Waals surface area (Å²) in [6.45, 7) is 6.53. The predicted octanol–water partition coefficient (Wildman–Crippen LogP) is 9.36. The lowest BCUT2D eigenvalue weighted by Gasteiger charge is -2.20. The van der Waals surface area contributed by atoms with E-state index in [1.165, 1.54) is 16.7 Å². The Balaban J connectivity index is 1.77. The van der Waals surface area contributed by atoms with E-state index in [1.54, 1.807) is 0 Å². The lowest BCUT2D eigenvalue weighted by atomic mass is 10.1. The largest absolute Gasteiger partial charge is 0.647 e. The number of phosphoric acid groups is 1. The fourth-order valence-electron chi connectivity index (χ4n) is 3.74. The summed E-state index contributed by atoms with van der Waals surface area (Å²) in [7, 11) is -3.99. The van der Waals surface area contributed by atoms with Crippen molar-refractivity contribution in [2.45, 2.75) is 78.6 Å². The fraction of sp³-hybridized carbons (Fsp3) is 0.400. The molecule has 0 fully saturated rings. The minimum Gasteiger partial charge on any atom is -0.386 e. The topological polar surface area (TPSA) is 44.8 Å². The van der Waals surface area contributed by atoms with Crippen molar-refractivity contribution in [1.29, 1.82) is 0 Å². The molecule has 0 aliphatic heterocycles. The minimum absolute atomic E-state index is 0.452. The first-order valence-corrected chi connectivity index (χ1v) is 14.4. The van der Waals surface area contributed by atoms with E-state index in [2.05, 4.69) is 20.8 Å². The zero-order chi connectivity index (χ0) is 24.9. The van der Waals surface area contributed by atoms with Crippen LogP contribution in [-0.4, -0.2) is 0 Å². The number of hydrogen-bond donors (Lipinski definition) is 0. The van der Waals surface area contributed by atoms with Crippen molar-refractivity contribution in [2.75, 3.05) is 0 Å². The molecule has 35 heavy (non-hydrogen) atoms. The van der Waals surface area contributed by atoms with E-state index in [9.17, 15) is 4.57 Å². The first-order chi connectivity index (χ1) is 17.0. The molecule has 3 aromatic carbocycles. The third-order valence-corrected chi connectivity index (χ3v) is 7.18. The fourth-order valence-corrected chi connectivity index (χ4v) is 4.99. The molecule has 0 aromatic heterocycles. The smallest absolute Gasteiger partial charge is 0.386 e. The minimum atomic E-state index is -3.99. The molecular weight excluding hydrogens is 455 g/mol. The SMILES string of the molecule is CCCCc1ccc(OP(=O)(Oc2ccc(CCCC)cc2)Oc2ccc(CCCC)cc2)cc1. The van der Waals surface area contributed by atoms with Gasteiger partial charge in [-0.05, 0) is 91.6 Å². The zero-order valence-corrected chi connectivity index (χ0v) is 22.3. The van der Waals surface area contributed by atoms with Gasteiger partial charge in [-0.2, -0.15) is 4.57 Å². The van der Waals surface area contributed by atoms with Crippen molar-refractivity contribution in [2.24, 2.45) is 0 Å². The van der Waals surface area contributed by atoms with Gasteiger partial charge in [0.1, 0.15) is 17.2 Å². The van der Waals surface area contributed by atoms with Crippen molar-refractivity contribution < 1.29 is 18.1 Å². The molecule has 0 unspecified atom stereocenters. The van der Waals surface area contributed by atoms with Crippen LogP contribution in [0.5, 0.6) is 17.2 Å². The molecule has 0 bridgehead atoms. The molecule has 188 valence electrons. The summed E-state index contributed by atoms with van der Waals surface area (Å²) in [6.07, 6.45) is 9.85. The molecule has 0 saturated carbocycles. The van der Waals surface area contributed by atoms with Gasteiger partial charge < -0.3 is 13.6 Å². The number of rotatable bonds is 15. The van der Waals surface area contributed by atoms with Crippen molar-refractivity contribution in [1.82, 2.24) is 0 Å². The van der Waals surface area contributed by atoms with Crippen LogP contribution < -0.4 is 13.6 Å². The van der Waals surface area contributed by atoms with Crippen LogP contribution in [0.15, 0.2) is 72.8 Å². The number of aryl methyl sites for hydroxylation is 3. The van der Waals surface area contributed by atoms with Crippen LogP contribution in [0.2, 0.25) is 0 Å². The molecule has 0 saturated heterocycles. The average molecular weight is 495 g/mol. The van der Waals surface area contributed by atoms with E-state index >= 15 is 0 Å². The standard InChI is InChI=1S/C30H39O4P/c1-4-7-10-25-13-19-28(20-14-25)32-35(31,33-29-21-15-26(16-22-29)11-8-5-2)34-30-23-17-27(18-24-30)12-9-6-3/h13-24H,4-12H2,1-3H3. The van der Waals surface area contributed by atoms with Crippen molar-refractivity contribution in [3.05, 3.63) is 89.5 Å². The summed E-state index contributed by atoms with van der Waals surface area (Å²) in [6, 6.07) is 23.0. The van der Waals surface area contributed by atoms with E-state index in [0.717, 1.165) is 57.8 Å². The van der Waals surface area contributed by atoms with Gasteiger partial charge in [0, 0.05) is 0 Å². The average Bonchev–Trinajstić information content (AvgIpc) is 2.87. The third-order valence-electron chi connectivity index (χ3n) is 5.88. The Bertz CT molecular complexity index is 907. The highest BCUT2D eigenvalue weighted by molar-refractivity contribution is 7.49. The van der Waals surface area contributed by atoms with Gasteiger partial charge in [-0.15, -0.1) is 0 Å². The van der Waals surface area contributed by atoms with Crippen LogP contribution in [0.25, 0.3) is 0 Å². The molecular formula is C30H39O4P. The molecule has 3 rings (SSSR count). The van der Waals surface area contributed by atoms with Crippen LogP contribution in [-0.2, 0) is 23.8 Å². The van der Waals surface area contributed by atoms with Crippen molar-refractivity contribution in [3.8, 4) is 17.2 Å². The molecule has 0 aliphatic rings. The first-order valence-electron chi connectivity index (χ1n) is 13.0. The van der Waals surface area contributed by atoms with Gasteiger partial charge >= 0.3 is 7.82 Å². The molecule has 0 aliphatic carbocycles. The van der Waals surface area contributed by atoms with Crippen LogP contribution in [0.4, 0.5) is 0 Å². The van der Waals surface area contributed by atoms with Crippen LogP contribution >= 0.6 is 7.82 Å². The molecule has 4 nitrogen and oxygen atoms in total. The van der Waals surface area contributed by atoms with Gasteiger partial charge in [-0.25, -0.2) is 0 Å². The Morgan fingerprint density at radius 2 is 0.743 bits per heavy atom. The Hall–Kier alpha value is -2.71. The summed E-state index contributed by atoms with van der Waals surface area (Å²) in [5.41, 5.74) is 3.67. The Morgan fingerprint density at radius 3 is 0.971 bits per heavy atom. The molecule has 0 spiro atoms. The number of phosphoric ester groups is 1.